The van der Waals surface area contributed by atoms with Crippen LogP contribution in [0.5, 0.6) is 11.5 Å². The zero-order valence-electron chi connectivity index (χ0n) is 13.2. The SMILES string of the molecule is Cc1cc(N)n(/N=C\c2cccc(Oc3ccccc3)c2)c(=O)c1. The molecule has 0 bridgehead atoms. The number of benzene rings is 2. The Hall–Kier alpha value is -3.34. The summed E-state index contributed by atoms with van der Waals surface area (Å²) in [5.74, 6) is 1.74. The Balaban J connectivity index is 1.84. The molecule has 0 saturated carbocycles. The average molecular weight is 319 g/mol. The minimum absolute atomic E-state index is 0.263. The number of nitrogens with two attached hydrogens (primary N) is 1. The lowest BCUT2D eigenvalue weighted by atomic mass is 10.2. The van der Waals surface area contributed by atoms with Crippen LogP contribution >= 0.6 is 0 Å². The Bertz CT molecular complexity index is 931. The summed E-state index contributed by atoms with van der Waals surface area (Å²) in [6.45, 7) is 1.82. The molecule has 2 aromatic carbocycles. The second kappa shape index (κ2) is 6.83. The Morgan fingerprint density at radius 3 is 2.50 bits per heavy atom. The van der Waals surface area contributed by atoms with Crippen LogP contribution in [0.2, 0.25) is 0 Å². The molecule has 120 valence electrons. The summed E-state index contributed by atoms with van der Waals surface area (Å²) in [4.78, 5) is 11.9. The van der Waals surface area contributed by atoms with Crippen molar-refractivity contribution in [3.05, 3.63) is 88.2 Å². The molecule has 5 nitrogen and oxygen atoms in total. The first-order valence-electron chi connectivity index (χ1n) is 7.48. The molecule has 0 unspecified atom stereocenters. The molecule has 0 spiro atoms. The fourth-order valence-corrected chi connectivity index (χ4v) is 2.25. The molecule has 0 radical (unpaired) electrons. The third-order valence-corrected chi connectivity index (χ3v) is 3.34. The lowest BCUT2D eigenvalue weighted by Crippen LogP contribution is -2.19. The van der Waals surface area contributed by atoms with Crippen LogP contribution in [0.3, 0.4) is 0 Å². The number of nitrogen functional groups attached to an aromatic ring is 1. The predicted octanol–water partition coefficient (Wildman–Crippen LogP) is 3.41. The molecule has 0 amide bonds. The van der Waals surface area contributed by atoms with E-state index in [2.05, 4.69) is 5.10 Å². The number of pyridine rings is 1. The van der Waals surface area contributed by atoms with Crippen molar-refractivity contribution in [1.29, 1.82) is 0 Å². The van der Waals surface area contributed by atoms with E-state index in [1.807, 2.05) is 61.5 Å². The summed E-state index contributed by atoms with van der Waals surface area (Å²) in [7, 11) is 0. The normalized spacial score (nSPS) is 10.9. The second-order valence-corrected chi connectivity index (χ2v) is 5.34. The van der Waals surface area contributed by atoms with Gasteiger partial charge >= 0.3 is 0 Å². The van der Waals surface area contributed by atoms with Gasteiger partial charge in [0.2, 0.25) is 0 Å². The van der Waals surface area contributed by atoms with E-state index in [-0.39, 0.29) is 5.56 Å². The Kier molecular flexibility index (Phi) is 4.43. The van der Waals surface area contributed by atoms with Crippen LogP contribution in [0, 0.1) is 6.92 Å². The molecule has 0 aliphatic heterocycles. The number of nitrogens with zero attached hydrogens (tertiary/aromatic N) is 2. The van der Waals surface area contributed by atoms with Crippen molar-refractivity contribution in [3.63, 3.8) is 0 Å². The predicted molar refractivity (Wildman–Crippen MR) is 95.8 cm³/mol. The maximum absolute atomic E-state index is 11.9. The van der Waals surface area contributed by atoms with Crippen LogP contribution < -0.4 is 16.0 Å². The highest BCUT2D eigenvalue weighted by Crippen LogP contribution is 2.21. The standard InChI is InChI=1S/C19H17N3O2/c1-14-10-18(20)22(19(23)11-14)21-13-15-6-5-9-17(12-15)24-16-7-3-2-4-8-16/h2-13H,20H2,1H3/b21-13-. The number of rotatable bonds is 4. The molecule has 24 heavy (non-hydrogen) atoms. The largest absolute Gasteiger partial charge is 0.457 e. The maximum Gasteiger partial charge on any atom is 0.273 e. The lowest BCUT2D eigenvalue weighted by molar-refractivity contribution is 0.482. The van der Waals surface area contributed by atoms with Gasteiger partial charge in [0, 0.05) is 6.07 Å². The average Bonchev–Trinajstić information content (AvgIpc) is 2.55. The monoisotopic (exact) mass is 319 g/mol. The number of para-hydroxylation sites is 1. The summed E-state index contributed by atoms with van der Waals surface area (Å²) >= 11 is 0. The van der Waals surface area contributed by atoms with Crippen LogP contribution in [0.25, 0.3) is 0 Å². The van der Waals surface area contributed by atoms with Crippen LogP contribution in [-0.2, 0) is 0 Å². The first kappa shape index (κ1) is 15.6. The van der Waals surface area contributed by atoms with Crippen molar-refractivity contribution in [2.24, 2.45) is 5.10 Å². The molecule has 1 heterocycles. The first-order chi connectivity index (χ1) is 11.6. The van der Waals surface area contributed by atoms with Crippen molar-refractivity contribution >= 4 is 12.0 Å². The van der Waals surface area contributed by atoms with Gasteiger partial charge in [-0.15, -0.1) is 0 Å². The Labute approximate surface area is 139 Å². The van der Waals surface area contributed by atoms with Crippen LogP contribution in [0.1, 0.15) is 11.1 Å². The van der Waals surface area contributed by atoms with E-state index in [0.717, 1.165) is 21.6 Å². The molecule has 3 aromatic rings. The van der Waals surface area contributed by atoms with E-state index in [1.165, 1.54) is 6.07 Å². The molecule has 2 N–H and O–H groups in total. The van der Waals surface area contributed by atoms with E-state index in [9.17, 15) is 4.79 Å². The molecule has 0 aliphatic rings. The molecule has 1 aromatic heterocycles. The number of aromatic nitrogens is 1. The third kappa shape index (κ3) is 3.70. The van der Waals surface area contributed by atoms with Gasteiger partial charge < -0.3 is 10.5 Å². The Morgan fingerprint density at radius 2 is 1.75 bits per heavy atom. The summed E-state index contributed by atoms with van der Waals surface area (Å²) < 4.78 is 6.94. The highest BCUT2D eigenvalue weighted by atomic mass is 16.5. The topological polar surface area (TPSA) is 69.6 Å². The van der Waals surface area contributed by atoms with E-state index >= 15 is 0 Å². The van der Waals surface area contributed by atoms with Gasteiger partial charge in [0.1, 0.15) is 17.3 Å². The maximum atomic E-state index is 11.9. The van der Waals surface area contributed by atoms with Crippen molar-refractivity contribution in [2.45, 2.75) is 6.92 Å². The van der Waals surface area contributed by atoms with E-state index in [0.29, 0.717) is 11.6 Å². The van der Waals surface area contributed by atoms with Crippen LogP contribution in [0.15, 0.2) is 76.6 Å². The molecular formula is C19H17N3O2. The molecular weight excluding hydrogens is 302 g/mol. The fraction of sp³-hybridized carbons (Fsp3) is 0.0526. The number of ether oxygens (including phenoxy) is 1. The van der Waals surface area contributed by atoms with E-state index in [4.69, 9.17) is 10.5 Å². The van der Waals surface area contributed by atoms with E-state index < -0.39 is 0 Å². The number of anilines is 1. The van der Waals surface area contributed by atoms with Gasteiger partial charge in [0.25, 0.3) is 5.56 Å². The summed E-state index contributed by atoms with van der Waals surface area (Å²) in [6.07, 6.45) is 1.57. The van der Waals surface area contributed by atoms with Gasteiger partial charge in [-0.3, -0.25) is 4.79 Å². The highest BCUT2D eigenvalue weighted by molar-refractivity contribution is 5.80. The molecule has 3 rings (SSSR count). The summed E-state index contributed by atoms with van der Waals surface area (Å²) in [5, 5.41) is 4.16. The first-order valence-corrected chi connectivity index (χ1v) is 7.48. The zero-order chi connectivity index (χ0) is 16.9. The molecule has 0 aliphatic carbocycles. The number of hydrogen-bond donors (Lipinski definition) is 1. The number of hydrogen-bond acceptors (Lipinski definition) is 4. The zero-order valence-corrected chi connectivity index (χ0v) is 13.2. The molecule has 0 atom stereocenters. The van der Waals surface area contributed by atoms with E-state index in [1.54, 1.807) is 12.3 Å². The molecule has 0 saturated heterocycles. The summed E-state index contributed by atoms with van der Waals surface area (Å²) in [6, 6.07) is 20.1. The van der Waals surface area contributed by atoms with Crippen LogP contribution in [-0.4, -0.2) is 10.9 Å². The van der Waals surface area contributed by atoms with Crippen molar-refractivity contribution in [2.75, 3.05) is 5.73 Å². The van der Waals surface area contributed by atoms with Gasteiger partial charge in [-0.1, -0.05) is 30.3 Å². The Morgan fingerprint density at radius 1 is 1.00 bits per heavy atom. The van der Waals surface area contributed by atoms with Gasteiger partial charge in [-0.05, 0) is 48.4 Å². The van der Waals surface area contributed by atoms with Gasteiger partial charge in [-0.2, -0.15) is 9.78 Å². The minimum Gasteiger partial charge on any atom is -0.457 e. The third-order valence-electron chi connectivity index (χ3n) is 3.34. The van der Waals surface area contributed by atoms with Crippen molar-refractivity contribution < 1.29 is 4.74 Å². The lowest BCUT2D eigenvalue weighted by Gasteiger charge is -2.06. The fourth-order valence-electron chi connectivity index (χ4n) is 2.25. The second-order valence-electron chi connectivity index (χ2n) is 5.34. The van der Waals surface area contributed by atoms with Gasteiger partial charge in [-0.25, -0.2) is 0 Å². The highest BCUT2D eigenvalue weighted by Gasteiger charge is 2.01. The van der Waals surface area contributed by atoms with Gasteiger partial charge in [0.05, 0.1) is 6.21 Å². The summed E-state index contributed by atoms with van der Waals surface area (Å²) in [5.41, 5.74) is 7.19. The van der Waals surface area contributed by atoms with Crippen molar-refractivity contribution in [1.82, 2.24) is 4.68 Å². The van der Waals surface area contributed by atoms with Gasteiger partial charge in [0.15, 0.2) is 0 Å². The minimum atomic E-state index is -0.263. The quantitative estimate of drug-likeness (QED) is 0.749. The smallest absolute Gasteiger partial charge is 0.273 e. The van der Waals surface area contributed by atoms with Crippen LogP contribution in [0.4, 0.5) is 5.82 Å². The molecule has 5 heteroatoms. The molecule has 0 fully saturated rings. The van der Waals surface area contributed by atoms with Crippen molar-refractivity contribution in [3.8, 4) is 11.5 Å². The number of aryl methyl sites for hydroxylation is 1.